The van der Waals surface area contributed by atoms with Crippen LogP contribution in [0.25, 0.3) is 5.69 Å². The summed E-state index contributed by atoms with van der Waals surface area (Å²) in [7, 11) is 0. The maximum Gasteiger partial charge on any atom is 0.251 e. The summed E-state index contributed by atoms with van der Waals surface area (Å²) in [6.07, 6.45) is 3.59. The fourth-order valence-electron chi connectivity index (χ4n) is 2.84. The highest BCUT2D eigenvalue weighted by atomic mass is 16.2. The Morgan fingerprint density at radius 1 is 0.966 bits per heavy atom. The molecule has 0 fully saturated rings. The van der Waals surface area contributed by atoms with E-state index in [0.29, 0.717) is 12.1 Å². The van der Waals surface area contributed by atoms with Crippen LogP contribution in [-0.2, 0) is 16.8 Å². The number of carbonyl (C=O) groups excluding carboxylic acids is 2. The van der Waals surface area contributed by atoms with E-state index in [2.05, 4.69) is 36.5 Å². The van der Waals surface area contributed by atoms with Crippen molar-refractivity contribution in [3.05, 3.63) is 83.7 Å². The lowest BCUT2D eigenvalue weighted by atomic mass is 9.87. The first-order valence-electron chi connectivity index (χ1n) is 9.57. The molecule has 29 heavy (non-hydrogen) atoms. The highest BCUT2D eigenvalue weighted by Gasteiger charge is 2.14. The zero-order chi connectivity index (χ0) is 20.9. The third-order valence-electron chi connectivity index (χ3n) is 4.62. The number of hydrogen-bond acceptors (Lipinski definition) is 3. The van der Waals surface area contributed by atoms with Crippen molar-refractivity contribution in [3.8, 4) is 5.69 Å². The summed E-state index contributed by atoms with van der Waals surface area (Å²) < 4.78 is 1.77. The molecule has 0 saturated carbocycles. The van der Waals surface area contributed by atoms with Gasteiger partial charge in [0.2, 0.25) is 5.91 Å². The lowest BCUT2D eigenvalue weighted by Gasteiger charge is -2.19. The van der Waals surface area contributed by atoms with Gasteiger partial charge in [0, 0.05) is 24.5 Å². The number of nitrogens with one attached hydrogen (secondary N) is 2. The molecule has 6 heteroatoms. The van der Waals surface area contributed by atoms with Crippen LogP contribution in [0.3, 0.4) is 0 Å². The number of hydrogen-bond donors (Lipinski definition) is 2. The van der Waals surface area contributed by atoms with Crippen molar-refractivity contribution >= 4 is 11.8 Å². The molecule has 2 N–H and O–H groups in total. The molecular weight excluding hydrogens is 364 g/mol. The molecule has 2 amide bonds. The second kappa shape index (κ2) is 8.73. The quantitative estimate of drug-likeness (QED) is 0.679. The lowest BCUT2D eigenvalue weighted by molar-refractivity contribution is -0.120. The van der Waals surface area contributed by atoms with E-state index in [9.17, 15) is 9.59 Å². The van der Waals surface area contributed by atoms with E-state index in [4.69, 9.17) is 0 Å². The first-order chi connectivity index (χ1) is 13.8. The van der Waals surface area contributed by atoms with Gasteiger partial charge in [-0.05, 0) is 46.9 Å². The van der Waals surface area contributed by atoms with E-state index in [1.165, 1.54) is 0 Å². The maximum absolute atomic E-state index is 12.2. The van der Waals surface area contributed by atoms with Gasteiger partial charge in [0.25, 0.3) is 5.91 Å². The van der Waals surface area contributed by atoms with Crippen LogP contribution in [0.2, 0.25) is 0 Å². The van der Waals surface area contributed by atoms with Crippen LogP contribution in [0.4, 0.5) is 0 Å². The van der Waals surface area contributed by atoms with Crippen LogP contribution in [0.5, 0.6) is 0 Å². The molecule has 6 nitrogen and oxygen atoms in total. The standard InChI is InChI=1S/C23H26N4O2/c1-23(2,3)19-9-7-18(8-10-19)22(29)25-16-21(28)24-15-17-5-11-20(12-6-17)27-14-4-13-26-27/h4-14H,15-16H2,1-3H3,(H,24,28)(H,25,29). The molecule has 0 saturated heterocycles. The minimum Gasteiger partial charge on any atom is -0.350 e. The fraction of sp³-hybridized carbons (Fsp3) is 0.261. The smallest absolute Gasteiger partial charge is 0.251 e. The Balaban J connectivity index is 1.45. The Kier molecular flexibility index (Phi) is 6.12. The van der Waals surface area contributed by atoms with Gasteiger partial charge in [0.1, 0.15) is 0 Å². The van der Waals surface area contributed by atoms with Crippen molar-refractivity contribution in [1.82, 2.24) is 20.4 Å². The number of rotatable bonds is 6. The second-order valence-corrected chi connectivity index (χ2v) is 7.90. The summed E-state index contributed by atoms with van der Waals surface area (Å²) in [6.45, 7) is 6.70. The van der Waals surface area contributed by atoms with Gasteiger partial charge in [-0.3, -0.25) is 9.59 Å². The highest BCUT2D eigenvalue weighted by molar-refractivity contribution is 5.96. The average Bonchev–Trinajstić information content (AvgIpc) is 3.25. The van der Waals surface area contributed by atoms with Gasteiger partial charge < -0.3 is 10.6 Å². The molecule has 1 heterocycles. The molecule has 3 rings (SSSR count). The molecule has 0 aliphatic heterocycles. The molecule has 0 radical (unpaired) electrons. The molecule has 0 spiro atoms. The van der Waals surface area contributed by atoms with Crippen molar-refractivity contribution in [3.63, 3.8) is 0 Å². The van der Waals surface area contributed by atoms with Gasteiger partial charge in [-0.15, -0.1) is 0 Å². The molecule has 3 aromatic rings. The van der Waals surface area contributed by atoms with Crippen molar-refractivity contribution < 1.29 is 9.59 Å². The van der Waals surface area contributed by atoms with Gasteiger partial charge >= 0.3 is 0 Å². The number of amides is 2. The third kappa shape index (κ3) is 5.54. The number of aromatic nitrogens is 2. The van der Waals surface area contributed by atoms with Crippen LogP contribution in [0, 0.1) is 0 Å². The normalized spacial score (nSPS) is 11.1. The van der Waals surface area contributed by atoms with Crippen molar-refractivity contribution in [2.75, 3.05) is 6.54 Å². The molecular formula is C23H26N4O2. The third-order valence-corrected chi connectivity index (χ3v) is 4.62. The van der Waals surface area contributed by atoms with E-state index >= 15 is 0 Å². The van der Waals surface area contributed by atoms with Crippen LogP contribution in [-0.4, -0.2) is 28.1 Å². The predicted molar refractivity (Wildman–Crippen MR) is 113 cm³/mol. The van der Waals surface area contributed by atoms with Gasteiger partial charge in [-0.1, -0.05) is 45.0 Å². The summed E-state index contributed by atoms with van der Waals surface area (Å²) in [5.41, 5.74) is 3.66. The Labute approximate surface area is 170 Å². The van der Waals surface area contributed by atoms with E-state index in [1.54, 1.807) is 23.0 Å². The minimum atomic E-state index is -0.260. The van der Waals surface area contributed by atoms with Crippen LogP contribution < -0.4 is 10.6 Å². The topological polar surface area (TPSA) is 76.0 Å². The SMILES string of the molecule is CC(C)(C)c1ccc(C(=O)NCC(=O)NCc2ccc(-n3cccn3)cc2)cc1. The summed E-state index contributed by atoms with van der Waals surface area (Å²) in [4.78, 5) is 24.3. The molecule has 2 aromatic carbocycles. The number of nitrogens with zero attached hydrogens (tertiary/aromatic N) is 2. The predicted octanol–water partition coefficient (Wildman–Crippen LogP) is 3.22. The van der Waals surface area contributed by atoms with Gasteiger partial charge in [-0.25, -0.2) is 4.68 Å². The van der Waals surface area contributed by atoms with E-state index in [-0.39, 0.29) is 23.8 Å². The summed E-state index contributed by atoms with van der Waals surface area (Å²) in [5.74, 6) is -0.495. The average molecular weight is 390 g/mol. The Morgan fingerprint density at radius 3 is 2.24 bits per heavy atom. The van der Waals surface area contributed by atoms with Crippen LogP contribution in [0.1, 0.15) is 42.3 Å². The van der Waals surface area contributed by atoms with Crippen molar-refractivity contribution in [2.24, 2.45) is 0 Å². The summed E-state index contributed by atoms with van der Waals surface area (Å²) in [5, 5.41) is 9.65. The van der Waals surface area contributed by atoms with Gasteiger partial charge in [-0.2, -0.15) is 5.10 Å². The molecule has 0 aliphatic carbocycles. The lowest BCUT2D eigenvalue weighted by Crippen LogP contribution is -2.36. The van der Waals surface area contributed by atoms with Crippen LogP contribution >= 0.6 is 0 Å². The number of benzene rings is 2. The first-order valence-corrected chi connectivity index (χ1v) is 9.57. The molecule has 0 bridgehead atoms. The van der Waals surface area contributed by atoms with Crippen LogP contribution in [0.15, 0.2) is 67.0 Å². The molecule has 0 aliphatic rings. The largest absolute Gasteiger partial charge is 0.350 e. The van der Waals surface area contributed by atoms with Crippen molar-refractivity contribution in [2.45, 2.75) is 32.7 Å². The van der Waals surface area contributed by atoms with Gasteiger partial charge in [0.05, 0.1) is 12.2 Å². The highest BCUT2D eigenvalue weighted by Crippen LogP contribution is 2.22. The second-order valence-electron chi connectivity index (χ2n) is 7.90. The molecule has 0 atom stereocenters. The van der Waals surface area contributed by atoms with E-state index in [1.807, 2.05) is 48.7 Å². The number of carbonyl (C=O) groups is 2. The van der Waals surface area contributed by atoms with E-state index < -0.39 is 0 Å². The summed E-state index contributed by atoms with van der Waals surface area (Å²) >= 11 is 0. The maximum atomic E-state index is 12.2. The molecule has 1 aromatic heterocycles. The monoisotopic (exact) mass is 390 g/mol. The van der Waals surface area contributed by atoms with E-state index in [0.717, 1.165) is 16.8 Å². The zero-order valence-electron chi connectivity index (χ0n) is 17.0. The molecule has 0 unspecified atom stereocenters. The Bertz CT molecular complexity index is 954. The first kappa shape index (κ1) is 20.3. The Hall–Kier alpha value is -3.41. The van der Waals surface area contributed by atoms with Crippen molar-refractivity contribution in [1.29, 1.82) is 0 Å². The summed E-state index contributed by atoms with van der Waals surface area (Å²) in [6, 6.07) is 17.1. The zero-order valence-corrected chi connectivity index (χ0v) is 17.0. The fourth-order valence-corrected chi connectivity index (χ4v) is 2.84. The minimum absolute atomic E-state index is 0.0332. The Morgan fingerprint density at radius 2 is 1.66 bits per heavy atom. The molecule has 150 valence electrons. The van der Waals surface area contributed by atoms with Gasteiger partial charge in [0.15, 0.2) is 0 Å².